The first-order valence-corrected chi connectivity index (χ1v) is 11.5. The zero-order chi connectivity index (χ0) is 22.9. The first-order valence-electron chi connectivity index (χ1n) is 11.5. The zero-order valence-corrected chi connectivity index (χ0v) is 19.2. The summed E-state index contributed by atoms with van der Waals surface area (Å²) in [5, 5.41) is 0. The van der Waals surface area contributed by atoms with Crippen LogP contribution < -0.4 is 4.74 Å². The molecule has 32 heavy (non-hydrogen) atoms. The van der Waals surface area contributed by atoms with Crippen LogP contribution in [0.25, 0.3) is 0 Å². The number of ether oxygens (including phenoxy) is 2. The first kappa shape index (κ1) is 22.6. The van der Waals surface area contributed by atoms with E-state index in [2.05, 4.69) is 6.92 Å². The number of methoxy groups -OCH3 is 1. The van der Waals surface area contributed by atoms with Crippen LogP contribution in [0.5, 0.6) is 5.75 Å². The molecule has 4 rings (SSSR count). The van der Waals surface area contributed by atoms with Gasteiger partial charge in [-0.25, -0.2) is 0 Å². The van der Waals surface area contributed by atoms with Crippen molar-refractivity contribution >= 4 is 17.7 Å². The van der Waals surface area contributed by atoms with E-state index in [0.717, 1.165) is 25.7 Å². The quantitative estimate of drug-likeness (QED) is 0.715. The number of hydrogen-bond donors (Lipinski definition) is 0. The average Bonchev–Trinajstić information content (AvgIpc) is 3.19. The average molecular weight is 444 g/mol. The fraction of sp³-hybridized carbons (Fsp3) is 0.625. The molecule has 1 spiro atoms. The minimum Gasteiger partial charge on any atom is -0.497 e. The van der Waals surface area contributed by atoms with Gasteiger partial charge < -0.3 is 19.3 Å². The summed E-state index contributed by atoms with van der Waals surface area (Å²) < 4.78 is 11.6. The number of nitrogens with zero attached hydrogens (tertiary/aromatic N) is 3. The topological polar surface area (TPSA) is 79.4 Å². The summed E-state index contributed by atoms with van der Waals surface area (Å²) in [7, 11) is 1.57. The molecule has 0 radical (unpaired) electrons. The van der Waals surface area contributed by atoms with E-state index >= 15 is 0 Å². The predicted molar refractivity (Wildman–Crippen MR) is 118 cm³/mol. The molecule has 8 nitrogen and oxygen atoms in total. The van der Waals surface area contributed by atoms with Crippen LogP contribution in [0, 0.1) is 5.92 Å². The summed E-state index contributed by atoms with van der Waals surface area (Å²) in [6.45, 7) is 5.94. The van der Waals surface area contributed by atoms with Crippen LogP contribution in [-0.4, -0.2) is 84.1 Å². The van der Waals surface area contributed by atoms with Crippen LogP contribution in [0.1, 0.15) is 49.9 Å². The molecule has 8 heteroatoms. The molecule has 1 aromatic carbocycles. The molecule has 0 aromatic heterocycles. The minimum absolute atomic E-state index is 0.0198. The van der Waals surface area contributed by atoms with Crippen molar-refractivity contribution in [3.05, 3.63) is 29.8 Å². The van der Waals surface area contributed by atoms with E-state index in [-0.39, 0.29) is 24.3 Å². The van der Waals surface area contributed by atoms with Gasteiger partial charge in [0.15, 0.2) is 0 Å². The predicted octanol–water partition coefficient (Wildman–Crippen LogP) is 2.13. The van der Waals surface area contributed by atoms with Crippen LogP contribution >= 0.6 is 0 Å². The molecule has 3 fully saturated rings. The SMILES string of the molecule is COc1cccc(C(=O)N2[C@H](C(=O)N3CCN(C(C)=O)CC3)COC23CCC(C)CC3)c1. The lowest BCUT2D eigenvalue weighted by atomic mass is 9.83. The second-order valence-electron chi connectivity index (χ2n) is 9.19. The van der Waals surface area contributed by atoms with Crippen molar-refractivity contribution in [2.75, 3.05) is 39.9 Å². The molecule has 2 saturated heterocycles. The maximum absolute atomic E-state index is 13.8. The maximum Gasteiger partial charge on any atom is 0.257 e. The van der Waals surface area contributed by atoms with Gasteiger partial charge in [-0.3, -0.25) is 19.3 Å². The zero-order valence-electron chi connectivity index (χ0n) is 19.2. The number of carbonyl (C=O) groups is 3. The molecule has 3 aliphatic rings. The molecule has 0 bridgehead atoms. The van der Waals surface area contributed by atoms with Crippen LogP contribution in [0.3, 0.4) is 0 Å². The Morgan fingerprint density at radius 3 is 2.34 bits per heavy atom. The highest BCUT2D eigenvalue weighted by atomic mass is 16.5. The third-order valence-corrected chi connectivity index (χ3v) is 7.17. The van der Waals surface area contributed by atoms with E-state index in [0.29, 0.717) is 43.4 Å². The van der Waals surface area contributed by atoms with E-state index in [4.69, 9.17) is 9.47 Å². The monoisotopic (exact) mass is 443 g/mol. The first-order chi connectivity index (χ1) is 15.3. The van der Waals surface area contributed by atoms with Crippen LogP contribution in [0.4, 0.5) is 0 Å². The Morgan fingerprint density at radius 1 is 1.06 bits per heavy atom. The number of carbonyl (C=O) groups excluding carboxylic acids is 3. The molecule has 0 unspecified atom stereocenters. The van der Waals surface area contributed by atoms with Gasteiger partial charge in [-0.15, -0.1) is 0 Å². The number of hydrogen-bond acceptors (Lipinski definition) is 5. The molecule has 1 saturated carbocycles. The minimum atomic E-state index is -0.742. The van der Waals surface area contributed by atoms with Crippen molar-refractivity contribution in [1.29, 1.82) is 0 Å². The van der Waals surface area contributed by atoms with Gasteiger partial charge >= 0.3 is 0 Å². The molecular weight excluding hydrogens is 410 g/mol. The Bertz CT molecular complexity index is 872. The van der Waals surface area contributed by atoms with Crippen molar-refractivity contribution in [1.82, 2.24) is 14.7 Å². The third-order valence-electron chi connectivity index (χ3n) is 7.17. The third kappa shape index (κ3) is 4.20. The van der Waals surface area contributed by atoms with Gasteiger partial charge in [0.25, 0.3) is 5.91 Å². The number of piperazine rings is 1. The van der Waals surface area contributed by atoms with E-state index in [1.807, 2.05) is 0 Å². The van der Waals surface area contributed by atoms with Crippen LogP contribution in [-0.2, 0) is 14.3 Å². The standard InChI is InChI=1S/C24H33N3O5/c1-17-7-9-24(10-8-17)27(22(29)19-5-4-6-20(15-19)31-3)21(16-32-24)23(30)26-13-11-25(12-14-26)18(2)28/h4-6,15,17,21H,7-14,16H2,1-3H3/t17?,21-,24?/m0/s1. The van der Waals surface area contributed by atoms with Gasteiger partial charge in [0.05, 0.1) is 13.7 Å². The van der Waals surface area contributed by atoms with Gasteiger partial charge in [-0.05, 0) is 49.8 Å². The highest BCUT2D eigenvalue weighted by molar-refractivity contribution is 5.98. The summed E-state index contributed by atoms with van der Waals surface area (Å²) in [4.78, 5) is 44.2. The van der Waals surface area contributed by atoms with Gasteiger partial charge in [-0.2, -0.15) is 0 Å². The molecule has 0 N–H and O–H groups in total. The fourth-order valence-corrected chi connectivity index (χ4v) is 5.12. The lowest BCUT2D eigenvalue weighted by molar-refractivity contribution is -0.142. The molecular formula is C24H33N3O5. The Balaban J connectivity index is 1.60. The van der Waals surface area contributed by atoms with Crippen molar-refractivity contribution in [3.63, 3.8) is 0 Å². The second kappa shape index (κ2) is 9.10. The van der Waals surface area contributed by atoms with Gasteiger partial charge in [0.1, 0.15) is 17.5 Å². The summed E-state index contributed by atoms with van der Waals surface area (Å²) >= 11 is 0. The highest BCUT2D eigenvalue weighted by Crippen LogP contribution is 2.43. The fourth-order valence-electron chi connectivity index (χ4n) is 5.12. The largest absolute Gasteiger partial charge is 0.497 e. The lowest BCUT2D eigenvalue weighted by Gasteiger charge is -2.44. The number of amides is 3. The Kier molecular flexibility index (Phi) is 6.42. The summed E-state index contributed by atoms with van der Waals surface area (Å²) in [6.07, 6.45) is 3.37. The summed E-state index contributed by atoms with van der Waals surface area (Å²) in [6, 6.07) is 6.40. The van der Waals surface area contributed by atoms with E-state index in [1.54, 1.807) is 53.0 Å². The normalized spacial score (nSPS) is 28.2. The van der Waals surface area contributed by atoms with Gasteiger partial charge in [0.2, 0.25) is 11.8 Å². The number of rotatable bonds is 3. The van der Waals surface area contributed by atoms with Gasteiger partial charge in [-0.1, -0.05) is 13.0 Å². The van der Waals surface area contributed by atoms with Crippen molar-refractivity contribution in [2.45, 2.75) is 51.3 Å². The van der Waals surface area contributed by atoms with Crippen LogP contribution in [0.2, 0.25) is 0 Å². The second-order valence-corrected chi connectivity index (χ2v) is 9.19. The smallest absolute Gasteiger partial charge is 0.257 e. The van der Waals surface area contributed by atoms with Gasteiger partial charge in [0, 0.05) is 38.7 Å². The molecule has 2 aliphatic heterocycles. The Hall–Kier alpha value is -2.61. The molecule has 3 amide bonds. The summed E-state index contributed by atoms with van der Waals surface area (Å²) in [5.41, 5.74) is -0.249. The molecule has 2 heterocycles. The van der Waals surface area contributed by atoms with Crippen molar-refractivity contribution in [2.24, 2.45) is 5.92 Å². The van der Waals surface area contributed by atoms with E-state index in [9.17, 15) is 14.4 Å². The maximum atomic E-state index is 13.8. The van der Waals surface area contributed by atoms with Crippen LogP contribution in [0.15, 0.2) is 24.3 Å². The molecule has 1 atom stereocenters. The Labute approximate surface area is 189 Å². The molecule has 1 aliphatic carbocycles. The van der Waals surface area contributed by atoms with E-state index < -0.39 is 11.8 Å². The Morgan fingerprint density at radius 2 is 1.72 bits per heavy atom. The van der Waals surface area contributed by atoms with Crippen molar-refractivity contribution < 1.29 is 23.9 Å². The molecule has 174 valence electrons. The van der Waals surface area contributed by atoms with Crippen molar-refractivity contribution in [3.8, 4) is 5.75 Å². The number of benzene rings is 1. The lowest BCUT2D eigenvalue weighted by Crippen LogP contribution is -2.59. The highest BCUT2D eigenvalue weighted by Gasteiger charge is 2.54. The summed E-state index contributed by atoms with van der Waals surface area (Å²) in [5.74, 6) is 0.904. The van der Waals surface area contributed by atoms with E-state index in [1.165, 1.54) is 0 Å². The molecule has 1 aromatic rings.